The predicted octanol–water partition coefficient (Wildman–Crippen LogP) is 4.20. The van der Waals surface area contributed by atoms with Crippen LogP contribution in [0.3, 0.4) is 0 Å². The standard InChI is InChI=1S/C26H35N3O2/c1-18(2)23-7-5-6-19(3)25(23)27-26(30)20(4)29-13-11-28(12-14-29)17-21-8-9-24-22(16-21)10-15-31-24/h5-9,16,18,20H,10-15,17H2,1-4H3,(H,27,30)/t20-/m1/s1. The number of hydrogen-bond donors (Lipinski definition) is 1. The van der Waals surface area contributed by atoms with Gasteiger partial charge in [0.1, 0.15) is 5.75 Å². The van der Waals surface area contributed by atoms with Crippen molar-refractivity contribution in [1.29, 1.82) is 0 Å². The number of nitrogens with one attached hydrogen (secondary N) is 1. The van der Waals surface area contributed by atoms with E-state index in [4.69, 9.17) is 4.74 Å². The average Bonchev–Trinajstić information content (AvgIpc) is 3.23. The Labute approximate surface area is 186 Å². The van der Waals surface area contributed by atoms with Crippen molar-refractivity contribution in [2.45, 2.75) is 52.6 Å². The van der Waals surface area contributed by atoms with Crippen molar-refractivity contribution in [2.75, 3.05) is 38.1 Å². The maximum Gasteiger partial charge on any atom is 0.241 e. The average molecular weight is 422 g/mol. The Morgan fingerprint density at radius 3 is 2.61 bits per heavy atom. The number of rotatable bonds is 6. The molecule has 31 heavy (non-hydrogen) atoms. The van der Waals surface area contributed by atoms with Gasteiger partial charge in [0.25, 0.3) is 0 Å². The largest absolute Gasteiger partial charge is 0.493 e. The van der Waals surface area contributed by atoms with Crippen molar-refractivity contribution in [3.8, 4) is 5.75 Å². The minimum Gasteiger partial charge on any atom is -0.493 e. The summed E-state index contributed by atoms with van der Waals surface area (Å²) in [6.45, 7) is 14.0. The Kier molecular flexibility index (Phi) is 6.63. The van der Waals surface area contributed by atoms with E-state index >= 15 is 0 Å². The van der Waals surface area contributed by atoms with Crippen molar-refractivity contribution in [3.63, 3.8) is 0 Å². The fourth-order valence-electron chi connectivity index (χ4n) is 4.64. The second-order valence-corrected chi connectivity index (χ2v) is 9.21. The molecule has 5 nitrogen and oxygen atoms in total. The number of ether oxygens (including phenoxy) is 1. The molecule has 2 aromatic rings. The lowest BCUT2D eigenvalue weighted by molar-refractivity contribution is -0.121. The Hall–Kier alpha value is -2.37. The first-order valence-corrected chi connectivity index (χ1v) is 11.5. The van der Waals surface area contributed by atoms with Crippen LogP contribution in [0.2, 0.25) is 0 Å². The van der Waals surface area contributed by atoms with Crippen LogP contribution >= 0.6 is 0 Å². The number of piperazine rings is 1. The van der Waals surface area contributed by atoms with Crippen LogP contribution < -0.4 is 10.1 Å². The number of anilines is 1. The normalized spacial score (nSPS) is 18.0. The monoisotopic (exact) mass is 421 g/mol. The van der Waals surface area contributed by atoms with Gasteiger partial charge in [-0.25, -0.2) is 0 Å². The van der Waals surface area contributed by atoms with E-state index in [0.29, 0.717) is 5.92 Å². The third-order valence-corrected chi connectivity index (χ3v) is 6.67. The molecule has 1 atom stereocenters. The number of carbonyl (C=O) groups excluding carboxylic acids is 1. The number of fused-ring (bicyclic) bond motifs is 1. The maximum absolute atomic E-state index is 13.0. The summed E-state index contributed by atoms with van der Waals surface area (Å²) in [7, 11) is 0. The molecule has 0 unspecified atom stereocenters. The molecule has 0 bridgehead atoms. The Bertz CT molecular complexity index is 932. The molecule has 2 aliphatic rings. The zero-order valence-electron chi connectivity index (χ0n) is 19.3. The van der Waals surface area contributed by atoms with Gasteiger partial charge in [0.05, 0.1) is 12.6 Å². The number of nitrogens with zero attached hydrogens (tertiary/aromatic N) is 2. The molecule has 2 aromatic carbocycles. The molecule has 0 spiro atoms. The Balaban J connectivity index is 1.32. The van der Waals surface area contributed by atoms with E-state index in [1.54, 1.807) is 0 Å². The highest BCUT2D eigenvalue weighted by molar-refractivity contribution is 5.96. The maximum atomic E-state index is 13.0. The molecule has 4 rings (SSSR count). The van der Waals surface area contributed by atoms with Gasteiger partial charge in [0, 0.05) is 44.8 Å². The third-order valence-electron chi connectivity index (χ3n) is 6.67. The summed E-state index contributed by atoms with van der Waals surface area (Å²) in [6, 6.07) is 12.7. The number of amides is 1. The first kappa shape index (κ1) is 21.8. The summed E-state index contributed by atoms with van der Waals surface area (Å²) in [5.74, 6) is 1.51. The van der Waals surface area contributed by atoms with E-state index in [0.717, 1.165) is 62.8 Å². The topological polar surface area (TPSA) is 44.8 Å². The molecule has 1 amide bonds. The molecular weight excluding hydrogens is 386 g/mol. The van der Waals surface area contributed by atoms with E-state index < -0.39 is 0 Å². The number of para-hydroxylation sites is 1. The van der Waals surface area contributed by atoms with E-state index in [2.05, 4.69) is 72.3 Å². The smallest absolute Gasteiger partial charge is 0.241 e. The van der Waals surface area contributed by atoms with Crippen LogP contribution in [0.25, 0.3) is 0 Å². The molecule has 2 aliphatic heterocycles. The van der Waals surface area contributed by atoms with Crippen molar-refractivity contribution >= 4 is 11.6 Å². The van der Waals surface area contributed by atoms with Gasteiger partial charge >= 0.3 is 0 Å². The van der Waals surface area contributed by atoms with Crippen LogP contribution in [0.5, 0.6) is 5.75 Å². The third kappa shape index (κ3) is 4.94. The fraction of sp³-hybridized carbons (Fsp3) is 0.500. The SMILES string of the molecule is Cc1cccc(C(C)C)c1NC(=O)[C@@H](C)N1CCN(Cc2ccc3c(c2)CCO3)CC1. The van der Waals surface area contributed by atoms with Crippen LogP contribution in [0.4, 0.5) is 5.69 Å². The quantitative estimate of drug-likeness (QED) is 0.759. The van der Waals surface area contributed by atoms with Crippen LogP contribution in [-0.2, 0) is 17.8 Å². The minimum absolute atomic E-state index is 0.0864. The molecule has 1 saturated heterocycles. The molecule has 0 aliphatic carbocycles. The van der Waals surface area contributed by atoms with Crippen molar-refractivity contribution < 1.29 is 9.53 Å². The van der Waals surface area contributed by atoms with E-state index in [9.17, 15) is 4.79 Å². The van der Waals surface area contributed by atoms with Gasteiger partial charge in [-0.05, 0) is 48.1 Å². The minimum atomic E-state index is -0.140. The van der Waals surface area contributed by atoms with Crippen LogP contribution in [0, 0.1) is 6.92 Å². The van der Waals surface area contributed by atoms with Gasteiger partial charge in [-0.1, -0.05) is 44.2 Å². The number of carbonyl (C=O) groups is 1. The van der Waals surface area contributed by atoms with Gasteiger partial charge in [-0.3, -0.25) is 14.6 Å². The molecule has 2 heterocycles. The van der Waals surface area contributed by atoms with Gasteiger partial charge in [-0.15, -0.1) is 0 Å². The molecule has 1 N–H and O–H groups in total. The number of hydrogen-bond acceptors (Lipinski definition) is 4. The zero-order valence-corrected chi connectivity index (χ0v) is 19.3. The van der Waals surface area contributed by atoms with E-state index in [1.807, 2.05) is 6.92 Å². The molecule has 0 radical (unpaired) electrons. The number of benzene rings is 2. The van der Waals surface area contributed by atoms with Gasteiger partial charge in [0.2, 0.25) is 5.91 Å². The molecule has 166 valence electrons. The van der Waals surface area contributed by atoms with E-state index in [-0.39, 0.29) is 11.9 Å². The van der Waals surface area contributed by atoms with Crippen molar-refractivity contribution in [2.24, 2.45) is 0 Å². The molecule has 1 fully saturated rings. The van der Waals surface area contributed by atoms with Gasteiger partial charge in [-0.2, -0.15) is 0 Å². The zero-order chi connectivity index (χ0) is 22.0. The first-order valence-electron chi connectivity index (χ1n) is 11.5. The lowest BCUT2D eigenvalue weighted by atomic mass is 9.98. The van der Waals surface area contributed by atoms with Crippen LogP contribution in [0.1, 0.15) is 48.9 Å². The second kappa shape index (κ2) is 9.41. The summed E-state index contributed by atoms with van der Waals surface area (Å²) in [5, 5.41) is 3.23. The lowest BCUT2D eigenvalue weighted by Gasteiger charge is -2.37. The van der Waals surface area contributed by atoms with Gasteiger partial charge in [0.15, 0.2) is 0 Å². The van der Waals surface area contributed by atoms with E-state index in [1.165, 1.54) is 16.7 Å². The summed E-state index contributed by atoms with van der Waals surface area (Å²) in [4.78, 5) is 17.8. The van der Waals surface area contributed by atoms with Crippen LogP contribution in [0.15, 0.2) is 36.4 Å². The summed E-state index contributed by atoms with van der Waals surface area (Å²) in [6.07, 6.45) is 1.02. The first-order chi connectivity index (χ1) is 14.9. The second-order valence-electron chi connectivity index (χ2n) is 9.21. The number of aryl methyl sites for hydroxylation is 1. The lowest BCUT2D eigenvalue weighted by Crippen LogP contribution is -2.52. The predicted molar refractivity (Wildman–Crippen MR) is 126 cm³/mol. The highest BCUT2D eigenvalue weighted by Crippen LogP contribution is 2.28. The van der Waals surface area contributed by atoms with Crippen molar-refractivity contribution in [1.82, 2.24) is 9.80 Å². The molecule has 0 aromatic heterocycles. The highest BCUT2D eigenvalue weighted by atomic mass is 16.5. The highest BCUT2D eigenvalue weighted by Gasteiger charge is 2.26. The summed E-state index contributed by atoms with van der Waals surface area (Å²) in [5.41, 5.74) is 5.98. The Morgan fingerprint density at radius 2 is 1.87 bits per heavy atom. The Morgan fingerprint density at radius 1 is 1.10 bits per heavy atom. The van der Waals surface area contributed by atoms with Gasteiger partial charge < -0.3 is 10.1 Å². The molecule has 0 saturated carbocycles. The fourth-order valence-corrected chi connectivity index (χ4v) is 4.64. The summed E-state index contributed by atoms with van der Waals surface area (Å²) >= 11 is 0. The van der Waals surface area contributed by atoms with Crippen LogP contribution in [-0.4, -0.2) is 54.5 Å². The molecule has 5 heteroatoms. The molecular formula is C26H35N3O2. The summed E-state index contributed by atoms with van der Waals surface area (Å²) < 4.78 is 5.62. The van der Waals surface area contributed by atoms with Crippen molar-refractivity contribution in [3.05, 3.63) is 58.7 Å².